The third kappa shape index (κ3) is 2.64. The number of aromatic nitrogens is 2. The summed E-state index contributed by atoms with van der Waals surface area (Å²) in [5.41, 5.74) is 9.76. The molecule has 24 heavy (non-hydrogen) atoms. The molecule has 3 rings (SSSR count). The van der Waals surface area contributed by atoms with Crippen LogP contribution < -0.4 is 11.3 Å². The van der Waals surface area contributed by atoms with Gasteiger partial charge in [-0.25, -0.2) is 9.36 Å². The number of para-hydroxylation sites is 1. The van der Waals surface area contributed by atoms with Gasteiger partial charge < -0.3 is 5.73 Å². The first-order valence-electron chi connectivity index (χ1n) is 8.07. The van der Waals surface area contributed by atoms with Crippen molar-refractivity contribution >= 4 is 5.69 Å². The zero-order valence-electron chi connectivity index (χ0n) is 14.6. The number of hydrogen-bond acceptors (Lipinski definition) is 2. The quantitative estimate of drug-likeness (QED) is 0.780. The number of anilines is 1. The molecule has 2 aromatic carbocycles. The van der Waals surface area contributed by atoms with E-state index in [4.69, 9.17) is 5.73 Å². The highest BCUT2D eigenvalue weighted by Gasteiger charge is 2.28. The Morgan fingerprint density at radius 3 is 1.92 bits per heavy atom. The maximum atomic E-state index is 12.9. The largest absolute Gasteiger partial charge is 0.393 e. The summed E-state index contributed by atoms with van der Waals surface area (Å²) in [4.78, 5) is 12.9. The van der Waals surface area contributed by atoms with Gasteiger partial charge in [0.05, 0.1) is 17.1 Å². The van der Waals surface area contributed by atoms with E-state index in [0.717, 1.165) is 22.6 Å². The average molecular weight is 321 g/mol. The molecule has 0 spiro atoms. The lowest BCUT2D eigenvalue weighted by molar-refractivity contribution is 0.530. The number of nitrogens with two attached hydrogens (primary N) is 1. The van der Waals surface area contributed by atoms with Crippen LogP contribution in [0.4, 0.5) is 5.69 Å². The van der Waals surface area contributed by atoms with Crippen molar-refractivity contribution in [2.75, 3.05) is 5.73 Å². The molecule has 0 amide bonds. The molecule has 3 aromatic rings. The summed E-state index contributed by atoms with van der Waals surface area (Å²) in [7, 11) is 0. The van der Waals surface area contributed by atoms with E-state index in [1.165, 1.54) is 0 Å². The minimum atomic E-state index is -0.269. The van der Waals surface area contributed by atoms with Crippen molar-refractivity contribution in [2.45, 2.75) is 33.1 Å². The van der Waals surface area contributed by atoms with Crippen LogP contribution in [0, 0.1) is 6.92 Å². The fraction of sp³-hybridized carbons (Fsp3) is 0.250. The number of nitrogen functional groups attached to an aromatic ring is 1. The number of rotatable bonds is 2. The number of hydrogen-bond donors (Lipinski definition) is 1. The third-order valence-electron chi connectivity index (χ3n) is 4.08. The Bertz CT molecular complexity index is 911. The van der Waals surface area contributed by atoms with Crippen molar-refractivity contribution in [1.82, 2.24) is 9.36 Å². The van der Waals surface area contributed by atoms with Gasteiger partial charge in [-0.1, -0.05) is 56.7 Å². The molecule has 0 aliphatic rings. The van der Waals surface area contributed by atoms with Crippen LogP contribution in [0.2, 0.25) is 0 Å². The van der Waals surface area contributed by atoms with Gasteiger partial charge >= 0.3 is 0 Å². The van der Waals surface area contributed by atoms with E-state index >= 15 is 0 Å². The number of nitrogens with zero attached hydrogens (tertiary/aromatic N) is 2. The minimum absolute atomic E-state index is 0.187. The van der Waals surface area contributed by atoms with Crippen molar-refractivity contribution in [1.29, 1.82) is 0 Å². The molecule has 1 heterocycles. The molecule has 4 nitrogen and oxygen atoms in total. The van der Waals surface area contributed by atoms with E-state index < -0.39 is 0 Å². The molecular formula is C20H23N3O. The summed E-state index contributed by atoms with van der Waals surface area (Å²) in [5.74, 6) is 0. The summed E-state index contributed by atoms with van der Waals surface area (Å²) in [5, 5.41) is 0. The molecule has 0 unspecified atom stereocenters. The van der Waals surface area contributed by atoms with Crippen LogP contribution in [0.1, 0.15) is 32.0 Å². The Kier molecular flexibility index (Phi) is 3.84. The monoisotopic (exact) mass is 321 g/mol. The Balaban J connectivity index is 2.41. The van der Waals surface area contributed by atoms with Gasteiger partial charge in [-0.05, 0) is 31.2 Å². The Labute approximate surface area is 142 Å². The van der Waals surface area contributed by atoms with E-state index in [1.54, 1.807) is 4.68 Å². The lowest BCUT2D eigenvalue weighted by Crippen LogP contribution is -2.23. The molecule has 4 heteroatoms. The molecular weight excluding hydrogens is 298 g/mol. The zero-order chi connectivity index (χ0) is 17.5. The van der Waals surface area contributed by atoms with Crippen LogP contribution in [0.5, 0.6) is 0 Å². The van der Waals surface area contributed by atoms with Gasteiger partial charge in [0, 0.05) is 5.41 Å². The normalized spacial score (nSPS) is 11.7. The van der Waals surface area contributed by atoms with Crippen LogP contribution >= 0.6 is 0 Å². The molecule has 0 radical (unpaired) electrons. The zero-order valence-corrected chi connectivity index (χ0v) is 14.6. The summed E-state index contributed by atoms with van der Waals surface area (Å²) in [6.45, 7) is 8.23. The van der Waals surface area contributed by atoms with Gasteiger partial charge in [0.25, 0.3) is 5.56 Å². The predicted octanol–water partition coefficient (Wildman–Crippen LogP) is 3.82. The average Bonchev–Trinajstić information content (AvgIpc) is 2.81. The summed E-state index contributed by atoms with van der Waals surface area (Å²) >= 11 is 0. The van der Waals surface area contributed by atoms with Crippen molar-refractivity contribution in [3.05, 3.63) is 76.2 Å². The SMILES string of the molecule is Cc1ccc(-n2c(=O)c(N)c(C(C)(C)C)n2-c2ccccc2)cc1. The predicted molar refractivity (Wildman–Crippen MR) is 99.2 cm³/mol. The Hall–Kier alpha value is -2.75. The molecule has 0 atom stereocenters. The first kappa shape index (κ1) is 16.1. The topological polar surface area (TPSA) is 52.9 Å². The van der Waals surface area contributed by atoms with Gasteiger partial charge in [-0.15, -0.1) is 0 Å². The molecule has 0 fully saturated rings. The highest BCUT2D eigenvalue weighted by atomic mass is 16.1. The van der Waals surface area contributed by atoms with Gasteiger partial charge in [0.15, 0.2) is 0 Å². The van der Waals surface area contributed by atoms with E-state index in [2.05, 4.69) is 20.8 Å². The number of aryl methyl sites for hydroxylation is 1. The third-order valence-corrected chi connectivity index (χ3v) is 4.08. The van der Waals surface area contributed by atoms with Gasteiger partial charge in [-0.2, -0.15) is 0 Å². The molecule has 0 aliphatic carbocycles. The Morgan fingerprint density at radius 1 is 0.833 bits per heavy atom. The minimum Gasteiger partial charge on any atom is -0.393 e. The van der Waals surface area contributed by atoms with E-state index in [9.17, 15) is 4.79 Å². The molecule has 0 saturated heterocycles. The van der Waals surface area contributed by atoms with Gasteiger partial charge in [0.2, 0.25) is 0 Å². The maximum Gasteiger partial charge on any atom is 0.295 e. The molecule has 2 N–H and O–H groups in total. The van der Waals surface area contributed by atoms with Crippen molar-refractivity contribution < 1.29 is 0 Å². The molecule has 1 aromatic heterocycles. The standard InChI is InChI=1S/C20H23N3O/c1-14-10-12-16(13-11-14)23-19(24)17(21)18(20(2,3)4)22(23)15-8-6-5-7-9-15/h5-13H,21H2,1-4H3. The maximum absolute atomic E-state index is 12.9. The van der Waals surface area contributed by atoms with Crippen LogP contribution in [-0.2, 0) is 5.41 Å². The fourth-order valence-electron chi connectivity index (χ4n) is 2.97. The molecule has 0 bridgehead atoms. The first-order chi connectivity index (χ1) is 11.3. The van der Waals surface area contributed by atoms with Gasteiger partial charge in [0.1, 0.15) is 5.69 Å². The highest BCUT2D eigenvalue weighted by molar-refractivity contribution is 5.53. The molecule has 0 aliphatic heterocycles. The van der Waals surface area contributed by atoms with Gasteiger partial charge in [-0.3, -0.25) is 4.79 Å². The lowest BCUT2D eigenvalue weighted by atomic mass is 9.91. The summed E-state index contributed by atoms with van der Waals surface area (Å²) in [6.07, 6.45) is 0. The summed E-state index contributed by atoms with van der Waals surface area (Å²) < 4.78 is 3.59. The summed E-state index contributed by atoms with van der Waals surface area (Å²) in [6, 6.07) is 17.7. The first-order valence-corrected chi connectivity index (χ1v) is 8.07. The van der Waals surface area contributed by atoms with Crippen LogP contribution in [0.15, 0.2) is 59.4 Å². The smallest absolute Gasteiger partial charge is 0.295 e. The van der Waals surface area contributed by atoms with Crippen molar-refractivity contribution in [3.63, 3.8) is 0 Å². The lowest BCUT2D eigenvalue weighted by Gasteiger charge is -2.23. The van der Waals surface area contributed by atoms with E-state index in [0.29, 0.717) is 5.69 Å². The second-order valence-electron chi connectivity index (χ2n) is 7.11. The van der Waals surface area contributed by atoms with Crippen molar-refractivity contribution in [2.24, 2.45) is 0 Å². The number of benzene rings is 2. The molecule has 0 saturated carbocycles. The molecule has 124 valence electrons. The van der Waals surface area contributed by atoms with Crippen LogP contribution in [0.3, 0.4) is 0 Å². The second-order valence-corrected chi connectivity index (χ2v) is 7.11. The fourth-order valence-corrected chi connectivity index (χ4v) is 2.97. The van der Waals surface area contributed by atoms with E-state index in [-0.39, 0.29) is 11.0 Å². The van der Waals surface area contributed by atoms with E-state index in [1.807, 2.05) is 66.2 Å². The van der Waals surface area contributed by atoms with Crippen LogP contribution in [-0.4, -0.2) is 9.36 Å². The van der Waals surface area contributed by atoms with Crippen LogP contribution in [0.25, 0.3) is 11.4 Å². The van der Waals surface area contributed by atoms with Crippen molar-refractivity contribution in [3.8, 4) is 11.4 Å². The Morgan fingerprint density at radius 2 is 1.38 bits per heavy atom. The highest BCUT2D eigenvalue weighted by Crippen LogP contribution is 2.30. The second kappa shape index (κ2) is 5.71.